The van der Waals surface area contributed by atoms with Gasteiger partial charge in [-0.2, -0.15) is 0 Å². The van der Waals surface area contributed by atoms with Crippen LogP contribution in [0.5, 0.6) is 0 Å². The highest BCUT2D eigenvalue weighted by molar-refractivity contribution is 5.95. The molecular formula is C27H29FN4O2. The van der Waals surface area contributed by atoms with Gasteiger partial charge in [0, 0.05) is 42.0 Å². The van der Waals surface area contributed by atoms with Crippen LogP contribution >= 0.6 is 0 Å². The minimum Gasteiger partial charge on any atom is -0.388 e. The molecule has 0 unspecified atom stereocenters. The summed E-state index contributed by atoms with van der Waals surface area (Å²) < 4.78 is 13.9. The van der Waals surface area contributed by atoms with Crippen molar-refractivity contribution < 1.29 is 14.3 Å². The summed E-state index contributed by atoms with van der Waals surface area (Å²) in [6, 6.07) is 15.1. The van der Waals surface area contributed by atoms with Gasteiger partial charge in [-0.15, -0.1) is 0 Å². The number of aromatic nitrogens is 2. The number of aryl methyl sites for hydroxylation is 1. The van der Waals surface area contributed by atoms with Crippen LogP contribution in [0.3, 0.4) is 0 Å². The monoisotopic (exact) mass is 460 g/mol. The third-order valence-corrected chi connectivity index (χ3v) is 6.97. The Labute approximate surface area is 198 Å². The minimum atomic E-state index is -0.796. The summed E-state index contributed by atoms with van der Waals surface area (Å²) in [6.07, 6.45) is 5.13. The number of amides is 1. The number of benzene rings is 1. The summed E-state index contributed by atoms with van der Waals surface area (Å²) in [5, 5.41) is 16.1. The molecule has 34 heavy (non-hydrogen) atoms. The van der Waals surface area contributed by atoms with Gasteiger partial charge in [-0.3, -0.25) is 9.78 Å². The number of alkyl halides is 1. The molecule has 2 aromatic heterocycles. The maximum Gasteiger partial charge on any atom is 0.251 e. The number of nitrogens with one attached hydrogen (secondary N) is 2. The lowest BCUT2D eigenvalue weighted by Gasteiger charge is -2.44. The first-order chi connectivity index (χ1) is 16.4. The summed E-state index contributed by atoms with van der Waals surface area (Å²) in [4.78, 5) is 21.6. The van der Waals surface area contributed by atoms with Gasteiger partial charge in [0.2, 0.25) is 0 Å². The largest absolute Gasteiger partial charge is 0.388 e. The molecule has 1 amide bonds. The van der Waals surface area contributed by atoms with Crippen molar-refractivity contribution in [2.75, 3.05) is 18.4 Å². The lowest BCUT2D eigenvalue weighted by Crippen LogP contribution is -2.48. The minimum absolute atomic E-state index is 0.199. The van der Waals surface area contributed by atoms with E-state index >= 15 is 0 Å². The second-order valence-electron chi connectivity index (χ2n) is 9.73. The Morgan fingerprint density at radius 1 is 1.09 bits per heavy atom. The average molecular weight is 461 g/mol. The van der Waals surface area contributed by atoms with Crippen molar-refractivity contribution in [1.82, 2.24) is 15.3 Å². The zero-order valence-electron chi connectivity index (χ0n) is 19.2. The fourth-order valence-corrected chi connectivity index (χ4v) is 4.69. The smallest absolute Gasteiger partial charge is 0.251 e. The fraction of sp³-hybridized carbons (Fsp3) is 0.370. The molecule has 2 saturated carbocycles. The van der Waals surface area contributed by atoms with Crippen molar-refractivity contribution in [1.29, 1.82) is 0 Å². The maximum atomic E-state index is 13.9. The summed E-state index contributed by atoms with van der Waals surface area (Å²) in [7, 11) is 0. The van der Waals surface area contributed by atoms with E-state index in [1.54, 1.807) is 18.5 Å². The molecule has 5 rings (SSSR count). The summed E-state index contributed by atoms with van der Waals surface area (Å²) in [5.74, 6) is 0.515. The van der Waals surface area contributed by atoms with E-state index in [9.17, 15) is 14.3 Å². The van der Waals surface area contributed by atoms with E-state index in [0.717, 1.165) is 35.2 Å². The second-order valence-corrected chi connectivity index (χ2v) is 9.73. The molecule has 2 aliphatic rings. The van der Waals surface area contributed by atoms with Gasteiger partial charge < -0.3 is 15.7 Å². The van der Waals surface area contributed by atoms with E-state index in [1.165, 1.54) is 0 Å². The molecule has 0 aliphatic heterocycles. The normalized spacial score (nSPS) is 22.5. The maximum absolute atomic E-state index is 13.9. The molecule has 0 saturated heterocycles. The predicted octanol–water partition coefficient (Wildman–Crippen LogP) is 4.19. The first-order valence-electron chi connectivity index (χ1n) is 11.7. The molecular weight excluding hydrogens is 431 g/mol. The van der Waals surface area contributed by atoms with Crippen LogP contribution in [-0.2, 0) is 5.41 Å². The first kappa shape index (κ1) is 22.5. The number of pyridine rings is 2. The van der Waals surface area contributed by atoms with Crippen molar-refractivity contribution in [3.63, 3.8) is 0 Å². The number of rotatable bonds is 8. The number of carbonyl (C=O) groups excluding carboxylic acids is 1. The van der Waals surface area contributed by atoms with Crippen LogP contribution < -0.4 is 10.6 Å². The molecule has 0 atom stereocenters. The van der Waals surface area contributed by atoms with Gasteiger partial charge in [-0.25, -0.2) is 9.37 Å². The van der Waals surface area contributed by atoms with E-state index in [0.29, 0.717) is 30.8 Å². The molecule has 3 N–H and O–H groups in total. The molecule has 0 spiro atoms. The van der Waals surface area contributed by atoms with E-state index in [2.05, 4.69) is 20.6 Å². The third kappa shape index (κ3) is 4.66. The molecule has 0 radical (unpaired) electrons. The predicted molar refractivity (Wildman–Crippen MR) is 129 cm³/mol. The molecule has 2 aliphatic carbocycles. The number of aliphatic hydroxyl groups is 1. The topological polar surface area (TPSA) is 87.1 Å². The summed E-state index contributed by atoms with van der Waals surface area (Å²) >= 11 is 0. The molecule has 176 valence electrons. The Bertz CT molecular complexity index is 1190. The zero-order valence-corrected chi connectivity index (χ0v) is 19.2. The van der Waals surface area contributed by atoms with Gasteiger partial charge in [-0.05, 0) is 74.1 Å². The van der Waals surface area contributed by atoms with Crippen molar-refractivity contribution in [2.45, 2.75) is 49.8 Å². The standard InChI is InChI=1S/C27H29FN4O2/c1-18-4-3-11-29-24(18)26(13-22(28)14-26)16-31-23-8-7-21(15-30-23)19-5-2-6-20(12-19)25(33)32-17-27(34)9-10-27/h2-8,11-12,15,22,34H,9-10,13-14,16-17H2,1H3,(H,30,31)(H,32,33). The van der Waals surface area contributed by atoms with Crippen LogP contribution in [0.25, 0.3) is 11.1 Å². The van der Waals surface area contributed by atoms with E-state index in [1.807, 2.05) is 49.4 Å². The SMILES string of the molecule is Cc1cccnc1C1(CNc2ccc(-c3cccc(C(=O)NCC4(O)CC4)c3)cn2)CC(F)C1. The molecule has 2 fully saturated rings. The fourth-order valence-electron chi connectivity index (χ4n) is 4.69. The van der Waals surface area contributed by atoms with Crippen molar-refractivity contribution >= 4 is 11.7 Å². The number of hydrogen-bond acceptors (Lipinski definition) is 5. The van der Waals surface area contributed by atoms with E-state index in [4.69, 9.17) is 0 Å². The number of halogens is 1. The number of carbonyl (C=O) groups is 1. The van der Waals surface area contributed by atoms with Gasteiger partial charge in [-0.1, -0.05) is 18.2 Å². The van der Waals surface area contributed by atoms with Crippen LogP contribution in [0, 0.1) is 6.92 Å². The van der Waals surface area contributed by atoms with Crippen LogP contribution in [0.2, 0.25) is 0 Å². The highest BCUT2D eigenvalue weighted by atomic mass is 19.1. The lowest BCUT2D eigenvalue weighted by atomic mass is 9.64. The van der Waals surface area contributed by atoms with Crippen LogP contribution in [0.1, 0.15) is 47.3 Å². The Kier molecular flexibility index (Phi) is 5.81. The Morgan fingerprint density at radius 2 is 1.91 bits per heavy atom. The van der Waals surface area contributed by atoms with Crippen molar-refractivity contribution in [2.24, 2.45) is 0 Å². The Morgan fingerprint density at radius 3 is 2.59 bits per heavy atom. The van der Waals surface area contributed by atoms with E-state index < -0.39 is 11.8 Å². The number of hydrogen-bond donors (Lipinski definition) is 3. The average Bonchev–Trinajstić information content (AvgIpc) is 3.58. The molecule has 0 bridgehead atoms. The molecule has 3 aromatic rings. The number of nitrogens with zero attached hydrogens (tertiary/aromatic N) is 2. The van der Waals surface area contributed by atoms with Crippen LogP contribution in [0.15, 0.2) is 60.9 Å². The second kappa shape index (κ2) is 8.80. The first-order valence-corrected chi connectivity index (χ1v) is 11.7. The number of anilines is 1. The van der Waals surface area contributed by atoms with Crippen LogP contribution in [0.4, 0.5) is 10.2 Å². The lowest BCUT2D eigenvalue weighted by molar-refractivity contribution is 0.0896. The summed E-state index contributed by atoms with van der Waals surface area (Å²) in [5.41, 5.74) is 3.31. The van der Waals surface area contributed by atoms with Gasteiger partial charge in [0.25, 0.3) is 5.91 Å². The van der Waals surface area contributed by atoms with Gasteiger partial charge >= 0.3 is 0 Å². The molecule has 6 nitrogen and oxygen atoms in total. The zero-order chi connectivity index (χ0) is 23.8. The Balaban J connectivity index is 1.25. The van der Waals surface area contributed by atoms with Crippen molar-refractivity contribution in [3.05, 3.63) is 77.7 Å². The molecule has 2 heterocycles. The van der Waals surface area contributed by atoms with Gasteiger partial charge in [0.05, 0.1) is 11.3 Å². The van der Waals surface area contributed by atoms with Crippen LogP contribution in [-0.4, -0.2) is 45.8 Å². The highest BCUT2D eigenvalue weighted by Gasteiger charge is 2.47. The summed E-state index contributed by atoms with van der Waals surface area (Å²) in [6.45, 7) is 2.87. The van der Waals surface area contributed by atoms with Gasteiger partial charge in [0.1, 0.15) is 12.0 Å². The van der Waals surface area contributed by atoms with E-state index in [-0.39, 0.29) is 17.9 Å². The van der Waals surface area contributed by atoms with Crippen molar-refractivity contribution in [3.8, 4) is 11.1 Å². The van der Waals surface area contributed by atoms with Gasteiger partial charge in [0.15, 0.2) is 0 Å². The third-order valence-electron chi connectivity index (χ3n) is 6.97. The Hall–Kier alpha value is -3.32. The highest BCUT2D eigenvalue weighted by Crippen LogP contribution is 2.45. The molecule has 1 aromatic carbocycles. The molecule has 7 heteroatoms. The quantitative estimate of drug-likeness (QED) is 0.469.